The van der Waals surface area contributed by atoms with E-state index in [1.54, 1.807) is 44.2 Å². The maximum absolute atomic E-state index is 14.1. The average molecular weight is 432 g/mol. The summed E-state index contributed by atoms with van der Waals surface area (Å²) in [5, 5.41) is 24.4. The normalized spacial score (nSPS) is 14.3. The molecule has 30 heavy (non-hydrogen) atoms. The zero-order valence-electron chi connectivity index (χ0n) is 16.6. The molecule has 0 radical (unpaired) electrons. The molecule has 0 saturated carbocycles. The van der Waals surface area contributed by atoms with Gasteiger partial charge in [-0.1, -0.05) is 23.7 Å². The van der Waals surface area contributed by atoms with Gasteiger partial charge in [0.1, 0.15) is 11.6 Å². The van der Waals surface area contributed by atoms with Gasteiger partial charge in [0.2, 0.25) is 5.91 Å². The number of primary amides is 1. The third-order valence-corrected chi connectivity index (χ3v) is 5.20. The summed E-state index contributed by atoms with van der Waals surface area (Å²) in [6.07, 6.45) is -0.900. The lowest BCUT2D eigenvalue weighted by molar-refractivity contribution is 0.100. The lowest BCUT2D eigenvalue weighted by Gasteiger charge is -2.24. The van der Waals surface area contributed by atoms with Gasteiger partial charge in [-0.3, -0.25) is 4.79 Å². The van der Waals surface area contributed by atoms with Gasteiger partial charge in [0.05, 0.1) is 29.3 Å². The number of nitrogens with one attached hydrogen (secondary N) is 1. The number of rotatable bonds is 7. The van der Waals surface area contributed by atoms with Crippen LogP contribution in [-0.4, -0.2) is 39.9 Å². The van der Waals surface area contributed by atoms with E-state index in [-0.39, 0.29) is 17.7 Å². The first kappa shape index (κ1) is 22.0. The van der Waals surface area contributed by atoms with E-state index >= 15 is 0 Å². The average Bonchev–Trinajstić information content (AvgIpc) is 2.69. The molecular formula is C22H23ClFN3O3. The Kier molecular flexibility index (Phi) is 6.55. The summed E-state index contributed by atoms with van der Waals surface area (Å²) < 4.78 is 14.1. The predicted molar refractivity (Wildman–Crippen MR) is 115 cm³/mol. The molecule has 5 N–H and O–H groups in total. The first-order chi connectivity index (χ1) is 14.2. The minimum atomic E-state index is -0.900. The second-order valence-corrected chi connectivity index (χ2v) is 7.72. The number of hydrogen-bond donors (Lipinski definition) is 4. The maximum atomic E-state index is 14.1. The van der Waals surface area contributed by atoms with Gasteiger partial charge in [0.25, 0.3) is 0 Å². The fraction of sp³-hybridized carbons (Fsp3) is 0.273. The topological polar surface area (TPSA) is 108 Å². The van der Waals surface area contributed by atoms with Crippen LogP contribution in [0.15, 0.2) is 42.5 Å². The van der Waals surface area contributed by atoms with Crippen molar-refractivity contribution in [2.75, 3.05) is 11.9 Å². The number of anilines is 1. The van der Waals surface area contributed by atoms with E-state index < -0.39 is 23.7 Å². The summed E-state index contributed by atoms with van der Waals surface area (Å²) in [5.41, 5.74) is 6.74. The summed E-state index contributed by atoms with van der Waals surface area (Å²) in [4.78, 5) is 16.3. The summed E-state index contributed by atoms with van der Waals surface area (Å²) in [7, 11) is 0. The van der Waals surface area contributed by atoms with Gasteiger partial charge in [-0.05, 0) is 55.1 Å². The molecule has 2 aromatic carbocycles. The largest absolute Gasteiger partial charge is 0.394 e. The Balaban J connectivity index is 2.26. The molecule has 0 aliphatic rings. The first-order valence-corrected chi connectivity index (χ1v) is 9.84. The van der Waals surface area contributed by atoms with E-state index in [2.05, 4.69) is 10.3 Å². The van der Waals surface area contributed by atoms with Gasteiger partial charge in [-0.25, -0.2) is 9.37 Å². The van der Waals surface area contributed by atoms with Crippen LogP contribution in [0.1, 0.15) is 41.4 Å². The van der Waals surface area contributed by atoms with Crippen molar-refractivity contribution in [1.82, 2.24) is 4.98 Å². The molecule has 1 amide bonds. The minimum Gasteiger partial charge on any atom is -0.394 e. The lowest BCUT2D eigenvalue weighted by Crippen LogP contribution is -2.22. The summed E-state index contributed by atoms with van der Waals surface area (Å²) in [6, 6.07) is 10.7. The van der Waals surface area contributed by atoms with Crippen molar-refractivity contribution < 1.29 is 19.4 Å². The zero-order chi connectivity index (χ0) is 22.0. The highest BCUT2D eigenvalue weighted by Crippen LogP contribution is 2.35. The number of aliphatic hydroxyl groups excluding tert-OH is 2. The molecule has 3 rings (SSSR count). The van der Waals surface area contributed by atoms with Crippen LogP contribution < -0.4 is 11.1 Å². The number of benzene rings is 2. The highest BCUT2D eigenvalue weighted by molar-refractivity contribution is 6.30. The molecule has 1 unspecified atom stereocenters. The third-order valence-electron chi connectivity index (χ3n) is 4.89. The van der Waals surface area contributed by atoms with E-state index in [1.807, 2.05) is 0 Å². The number of nitrogens with two attached hydrogens (primary N) is 1. The lowest BCUT2D eigenvalue weighted by atomic mass is 9.87. The van der Waals surface area contributed by atoms with Crippen molar-refractivity contribution in [1.29, 1.82) is 0 Å². The van der Waals surface area contributed by atoms with Gasteiger partial charge >= 0.3 is 0 Å². The molecule has 0 bridgehead atoms. The van der Waals surface area contributed by atoms with Crippen LogP contribution in [0, 0.1) is 5.82 Å². The number of carbonyl (C=O) groups is 1. The Hall–Kier alpha value is -2.74. The molecule has 6 nitrogen and oxygen atoms in total. The fourth-order valence-corrected chi connectivity index (χ4v) is 3.54. The van der Waals surface area contributed by atoms with Crippen LogP contribution in [-0.2, 0) is 0 Å². The van der Waals surface area contributed by atoms with Crippen LogP contribution in [0.25, 0.3) is 10.8 Å². The maximum Gasteiger partial charge on any atom is 0.248 e. The molecule has 0 spiro atoms. The van der Waals surface area contributed by atoms with E-state index in [9.17, 15) is 19.4 Å². The minimum absolute atomic E-state index is 0.0146. The van der Waals surface area contributed by atoms with E-state index in [0.29, 0.717) is 33.4 Å². The molecule has 8 heteroatoms. The molecule has 158 valence electrons. The third kappa shape index (κ3) is 4.53. The molecule has 0 saturated heterocycles. The number of fused-ring (bicyclic) bond motifs is 1. The van der Waals surface area contributed by atoms with Crippen LogP contribution in [0.2, 0.25) is 5.02 Å². The monoisotopic (exact) mass is 431 g/mol. The van der Waals surface area contributed by atoms with Crippen molar-refractivity contribution in [2.45, 2.75) is 31.9 Å². The highest BCUT2D eigenvalue weighted by atomic mass is 35.5. The van der Waals surface area contributed by atoms with Crippen molar-refractivity contribution in [2.24, 2.45) is 5.73 Å². The number of pyridine rings is 1. The van der Waals surface area contributed by atoms with Gasteiger partial charge in [0.15, 0.2) is 0 Å². The number of nitrogens with zero attached hydrogens (tertiary/aromatic N) is 1. The Labute approximate surface area is 178 Å². The molecule has 1 aromatic heterocycles. The van der Waals surface area contributed by atoms with Gasteiger partial charge in [-0.2, -0.15) is 0 Å². The molecule has 3 atom stereocenters. The molecule has 0 aliphatic carbocycles. The van der Waals surface area contributed by atoms with Crippen LogP contribution in [0.3, 0.4) is 0 Å². The SMILES string of the molecule is CC(O)[C@@H](c1ccc(Cl)c(F)c1)c1nc(N[C@@H](C)CO)cc2cc(C(N)=O)ccc12. The second kappa shape index (κ2) is 8.95. The van der Waals surface area contributed by atoms with Gasteiger partial charge < -0.3 is 21.3 Å². The Morgan fingerprint density at radius 1 is 1.23 bits per heavy atom. The number of amides is 1. The Morgan fingerprint density at radius 3 is 2.57 bits per heavy atom. The van der Waals surface area contributed by atoms with Crippen LogP contribution >= 0.6 is 11.6 Å². The Morgan fingerprint density at radius 2 is 1.97 bits per heavy atom. The number of halogens is 2. The Bertz CT molecular complexity index is 1090. The number of hydrogen-bond acceptors (Lipinski definition) is 5. The quantitative estimate of drug-likeness (QED) is 0.458. The molecular weight excluding hydrogens is 409 g/mol. The predicted octanol–water partition coefficient (Wildman–Crippen LogP) is 3.43. The highest BCUT2D eigenvalue weighted by Gasteiger charge is 2.25. The van der Waals surface area contributed by atoms with E-state index in [4.69, 9.17) is 17.3 Å². The molecule has 0 fully saturated rings. The summed E-state index contributed by atoms with van der Waals surface area (Å²) >= 11 is 5.82. The van der Waals surface area contributed by atoms with Crippen molar-refractivity contribution in [3.05, 3.63) is 70.1 Å². The van der Waals surface area contributed by atoms with E-state index in [0.717, 1.165) is 0 Å². The second-order valence-electron chi connectivity index (χ2n) is 7.31. The first-order valence-electron chi connectivity index (χ1n) is 9.46. The number of aromatic nitrogens is 1. The molecule has 0 aliphatic heterocycles. The van der Waals surface area contributed by atoms with Crippen molar-refractivity contribution in [3.8, 4) is 0 Å². The fourth-order valence-electron chi connectivity index (χ4n) is 3.42. The van der Waals surface area contributed by atoms with Crippen LogP contribution in [0.5, 0.6) is 0 Å². The standard InChI is InChI=1S/C22H23ClFN3O3/c1-11(10-28)26-19-9-15-7-14(22(25)30)3-5-16(15)21(27-19)20(12(2)29)13-4-6-17(23)18(24)8-13/h3-9,11-12,20,28-29H,10H2,1-2H3,(H2,25,30)(H,26,27)/t11-,12?,20-/m0/s1. The summed E-state index contributed by atoms with van der Waals surface area (Å²) in [6.45, 7) is 3.27. The smallest absolute Gasteiger partial charge is 0.248 e. The van der Waals surface area contributed by atoms with Crippen molar-refractivity contribution >= 4 is 34.1 Å². The van der Waals surface area contributed by atoms with Gasteiger partial charge in [-0.15, -0.1) is 0 Å². The van der Waals surface area contributed by atoms with Gasteiger partial charge in [0, 0.05) is 17.0 Å². The zero-order valence-corrected chi connectivity index (χ0v) is 17.3. The number of carbonyl (C=O) groups excluding carboxylic acids is 1. The van der Waals surface area contributed by atoms with E-state index in [1.165, 1.54) is 12.1 Å². The number of aliphatic hydroxyl groups is 2. The summed E-state index contributed by atoms with van der Waals surface area (Å²) in [5.74, 6) is -1.38. The van der Waals surface area contributed by atoms with Crippen molar-refractivity contribution in [3.63, 3.8) is 0 Å². The van der Waals surface area contributed by atoms with Crippen LogP contribution in [0.4, 0.5) is 10.2 Å². The molecule has 1 heterocycles. The molecule has 3 aromatic rings.